The second-order valence-corrected chi connectivity index (χ2v) is 5.51. The van der Waals surface area contributed by atoms with Gasteiger partial charge in [0.2, 0.25) is 0 Å². The van der Waals surface area contributed by atoms with Crippen LogP contribution in [0, 0.1) is 11.3 Å². The molecular weight excluding hydrogens is 200 g/mol. The molecule has 1 N–H and O–H groups in total. The van der Waals surface area contributed by atoms with Gasteiger partial charge in [0, 0.05) is 17.4 Å². The SMILES string of the molecule is CCC(C)(C)C(=O)/C=C(\O)C1CCCCC1. The minimum absolute atomic E-state index is 0.0538. The van der Waals surface area contributed by atoms with Crippen molar-refractivity contribution in [3.05, 3.63) is 11.8 Å². The van der Waals surface area contributed by atoms with E-state index in [1.54, 1.807) is 0 Å². The summed E-state index contributed by atoms with van der Waals surface area (Å²) >= 11 is 0. The summed E-state index contributed by atoms with van der Waals surface area (Å²) in [7, 11) is 0. The Morgan fingerprint density at radius 2 is 1.88 bits per heavy atom. The molecule has 0 bridgehead atoms. The predicted octanol–water partition coefficient (Wildman–Crippen LogP) is 4.01. The number of aliphatic hydroxyl groups excluding tert-OH is 1. The van der Waals surface area contributed by atoms with Gasteiger partial charge in [0.25, 0.3) is 0 Å². The third-order valence-electron chi connectivity index (χ3n) is 3.85. The van der Waals surface area contributed by atoms with E-state index >= 15 is 0 Å². The van der Waals surface area contributed by atoms with E-state index < -0.39 is 0 Å². The number of aliphatic hydroxyl groups is 1. The van der Waals surface area contributed by atoms with E-state index in [1.165, 1.54) is 25.3 Å². The van der Waals surface area contributed by atoms with Crippen LogP contribution in [-0.4, -0.2) is 10.9 Å². The standard InChI is InChI=1S/C14H24O2/c1-4-14(2,3)13(16)10-12(15)11-8-6-5-7-9-11/h10-11,15H,4-9H2,1-3H3/b12-10-. The van der Waals surface area contributed by atoms with Crippen LogP contribution >= 0.6 is 0 Å². The molecule has 2 nitrogen and oxygen atoms in total. The van der Waals surface area contributed by atoms with Crippen LogP contribution in [0.25, 0.3) is 0 Å². The Morgan fingerprint density at radius 1 is 1.31 bits per heavy atom. The smallest absolute Gasteiger partial charge is 0.164 e. The first-order chi connectivity index (χ1) is 7.47. The summed E-state index contributed by atoms with van der Waals surface area (Å²) < 4.78 is 0. The van der Waals surface area contributed by atoms with Gasteiger partial charge in [0.1, 0.15) is 0 Å². The van der Waals surface area contributed by atoms with Gasteiger partial charge in [0.15, 0.2) is 5.78 Å². The first kappa shape index (κ1) is 13.3. The molecule has 1 rings (SSSR count). The van der Waals surface area contributed by atoms with Crippen molar-refractivity contribution in [1.82, 2.24) is 0 Å². The Kier molecular flexibility index (Phi) is 4.57. The summed E-state index contributed by atoms with van der Waals surface area (Å²) in [5, 5.41) is 9.94. The first-order valence-electron chi connectivity index (χ1n) is 6.42. The summed E-state index contributed by atoms with van der Waals surface area (Å²) in [5.41, 5.74) is -0.345. The van der Waals surface area contributed by atoms with Crippen LogP contribution in [-0.2, 0) is 4.79 Å². The number of allylic oxidation sites excluding steroid dienone is 2. The van der Waals surface area contributed by atoms with Gasteiger partial charge < -0.3 is 5.11 Å². The number of hydrogen-bond acceptors (Lipinski definition) is 2. The third-order valence-corrected chi connectivity index (χ3v) is 3.85. The van der Waals surface area contributed by atoms with E-state index in [0.717, 1.165) is 19.3 Å². The topological polar surface area (TPSA) is 37.3 Å². The molecule has 0 unspecified atom stereocenters. The molecule has 2 heteroatoms. The Balaban J connectivity index is 2.64. The zero-order chi connectivity index (χ0) is 12.2. The van der Waals surface area contributed by atoms with Crippen LogP contribution in [0.15, 0.2) is 11.8 Å². The number of carbonyl (C=O) groups is 1. The molecule has 0 heterocycles. The molecule has 0 aromatic carbocycles. The van der Waals surface area contributed by atoms with Crippen LogP contribution in [0.2, 0.25) is 0 Å². The van der Waals surface area contributed by atoms with E-state index in [4.69, 9.17) is 0 Å². The van der Waals surface area contributed by atoms with Crippen molar-refractivity contribution >= 4 is 5.78 Å². The maximum atomic E-state index is 11.9. The molecule has 0 radical (unpaired) electrons. The van der Waals surface area contributed by atoms with Gasteiger partial charge in [-0.05, 0) is 19.3 Å². The van der Waals surface area contributed by atoms with E-state index in [-0.39, 0.29) is 17.1 Å². The minimum atomic E-state index is -0.345. The maximum absolute atomic E-state index is 11.9. The quantitative estimate of drug-likeness (QED) is 0.578. The number of ketones is 1. The van der Waals surface area contributed by atoms with Crippen LogP contribution < -0.4 is 0 Å². The van der Waals surface area contributed by atoms with Gasteiger partial charge >= 0.3 is 0 Å². The Bertz CT molecular complexity index is 270. The van der Waals surface area contributed by atoms with Crippen molar-refractivity contribution < 1.29 is 9.90 Å². The molecule has 1 fully saturated rings. The molecule has 0 aromatic heterocycles. The lowest BCUT2D eigenvalue weighted by Crippen LogP contribution is -2.22. The fourth-order valence-corrected chi connectivity index (χ4v) is 2.02. The Labute approximate surface area is 98.7 Å². The molecule has 0 aromatic rings. The molecule has 0 aliphatic heterocycles. The highest BCUT2D eigenvalue weighted by Crippen LogP contribution is 2.30. The molecule has 16 heavy (non-hydrogen) atoms. The lowest BCUT2D eigenvalue weighted by atomic mass is 9.82. The van der Waals surface area contributed by atoms with Gasteiger partial charge in [-0.15, -0.1) is 0 Å². The van der Waals surface area contributed by atoms with Crippen molar-refractivity contribution in [1.29, 1.82) is 0 Å². The lowest BCUT2D eigenvalue weighted by molar-refractivity contribution is -0.122. The molecule has 1 aliphatic rings. The molecule has 1 aliphatic carbocycles. The second-order valence-electron chi connectivity index (χ2n) is 5.51. The van der Waals surface area contributed by atoms with Gasteiger partial charge in [-0.2, -0.15) is 0 Å². The average molecular weight is 224 g/mol. The Morgan fingerprint density at radius 3 is 2.38 bits per heavy atom. The van der Waals surface area contributed by atoms with Crippen molar-refractivity contribution in [2.45, 2.75) is 59.3 Å². The minimum Gasteiger partial charge on any atom is -0.512 e. The summed E-state index contributed by atoms with van der Waals surface area (Å²) in [6.07, 6.45) is 7.95. The van der Waals surface area contributed by atoms with E-state index in [0.29, 0.717) is 5.76 Å². The summed E-state index contributed by atoms with van der Waals surface area (Å²) in [6, 6.07) is 0. The molecule has 92 valence electrons. The highest BCUT2D eigenvalue weighted by atomic mass is 16.3. The summed E-state index contributed by atoms with van der Waals surface area (Å²) in [4.78, 5) is 11.9. The first-order valence-corrected chi connectivity index (χ1v) is 6.42. The van der Waals surface area contributed by atoms with E-state index in [1.807, 2.05) is 20.8 Å². The maximum Gasteiger partial charge on any atom is 0.164 e. The highest BCUT2D eigenvalue weighted by molar-refractivity contribution is 5.94. The van der Waals surface area contributed by atoms with Gasteiger partial charge in [-0.1, -0.05) is 40.0 Å². The van der Waals surface area contributed by atoms with Crippen LogP contribution in [0.3, 0.4) is 0 Å². The third kappa shape index (κ3) is 3.36. The van der Waals surface area contributed by atoms with Crippen LogP contribution in [0.4, 0.5) is 0 Å². The number of carbonyl (C=O) groups excluding carboxylic acids is 1. The van der Waals surface area contributed by atoms with E-state index in [9.17, 15) is 9.90 Å². The van der Waals surface area contributed by atoms with Gasteiger partial charge in [-0.25, -0.2) is 0 Å². The number of hydrogen-bond donors (Lipinski definition) is 1. The summed E-state index contributed by atoms with van der Waals surface area (Å²) in [6.45, 7) is 5.86. The zero-order valence-electron chi connectivity index (χ0n) is 10.8. The molecular formula is C14H24O2. The fraction of sp³-hybridized carbons (Fsp3) is 0.786. The van der Waals surface area contributed by atoms with Crippen molar-refractivity contribution in [3.63, 3.8) is 0 Å². The monoisotopic (exact) mass is 224 g/mol. The summed E-state index contributed by atoms with van der Waals surface area (Å²) in [5.74, 6) is 0.592. The molecule has 0 amide bonds. The van der Waals surface area contributed by atoms with Gasteiger partial charge in [0.05, 0.1) is 5.76 Å². The largest absolute Gasteiger partial charge is 0.512 e. The number of rotatable bonds is 4. The van der Waals surface area contributed by atoms with Crippen molar-refractivity contribution in [2.75, 3.05) is 0 Å². The molecule has 0 saturated heterocycles. The molecule has 0 spiro atoms. The fourth-order valence-electron chi connectivity index (χ4n) is 2.02. The zero-order valence-corrected chi connectivity index (χ0v) is 10.8. The van der Waals surface area contributed by atoms with E-state index in [2.05, 4.69) is 0 Å². The normalized spacial score (nSPS) is 19.8. The van der Waals surface area contributed by atoms with Gasteiger partial charge in [-0.3, -0.25) is 4.79 Å². The average Bonchev–Trinajstić information content (AvgIpc) is 2.30. The van der Waals surface area contributed by atoms with Crippen LogP contribution in [0.5, 0.6) is 0 Å². The molecule has 1 saturated carbocycles. The molecule has 0 atom stereocenters. The Hall–Kier alpha value is -0.790. The lowest BCUT2D eigenvalue weighted by Gasteiger charge is -2.23. The predicted molar refractivity (Wildman–Crippen MR) is 66.4 cm³/mol. The van der Waals surface area contributed by atoms with Crippen LogP contribution in [0.1, 0.15) is 59.3 Å². The van der Waals surface area contributed by atoms with Crippen molar-refractivity contribution in [2.24, 2.45) is 11.3 Å². The highest BCUT2D eigenvalue weighted by Gasteiger charge is 2.25. The second kappa shape index (κ2) is 5.51. The van der Waals surface area contributed by atoms with Crippen molar-refractivity contribution in [3.8, 4) is 0 Å².